The first-order valence-electron chi connectivity index (χ1n) is 28.7. The van der Waals surface area contributed by atoms with Crippen molar-refractivity contribution in [2.75, 3.05) is 13.2 Å². The molecule has 0 aliphatic carbocycles. The fourth-order valence-electron chi connectivity index (χ4n) is 9.64. The van der Waals surface area contributed by atoms with Crippen LogP contribution in [0.2, 0.25) is 0 Å². The van der Waals surface area contributed by atoms with Crippen molar-refractivity contribution in [3.63, 3.8) is 0 Å². The van der Waals surface area contributed by atoms with Crippen molar-refractivity contribution in [3.05, 3.63) is 0 Å². The molecule has 0 aromatic rings. The molecule has 0 radical (unpaired) electrons. The van der Waals surface area contributed by atoms with E-state index in [2.05, 4.69) is 19.2 Å². The molecule has 1 aliphatic heterocycles. The first kappa shape index (κ1) is 62.2. The Morgan fingerprint density at radius 3 is 1.09 bits per heavy atom. The van der Waals surface area contributed by atoms with Gasteiger partial charge in [-0.1, -0.05) is 277 Å². The van der Waals surface area contributed by atoms with E-state index in [0.717, 1.165) is 38.5 Å². The van der Waals surface area contributed by atoms with Crippen molar-refractivity contribution in [3.8, 4) is 0 Å². The maximum absolute atomic E-state index is 13.0. The van der Waals surface area contributed by atoms with Crippen LogP contribution in [-0.4, -0.2) is 87.5 Å². The second-order valence-electron chi connectivity index (χ2n) is 20.5. The van der Waals surface area contributed by atoms with Gasteiger partial charge in [0.05, 0.1) is 25.4 Å². The van der Waals surface area contributed by atoms with Crippen LogP contribution in [0.1, 0.15) is 296 Å². The van der Waals surface area contributed by atoms with E-state index in [-0.39, 0.29) is 12.5 Å². The van der Waals surface area contributed by atoms with E-state index < -0.39 is 49.5 Å². The molecule has 1 aliphatic rings. The zero-order valence-corrected chi connectivity index (χ0v) is 43.0. The van der Waals surface area contributed by atoms with Gasteiger partial charge in [-0.25, -0.2) is 0 Å². The molecule has 1 fully saturated rings. The summed E-state index contributed by atoms with van der Waals surface area (Å²) in [5.74, 6) is -0.140. The smallest absolute Gasteiger partial charge is 0.220 e. The van der Waals surface area contributed by atoms with Crippen LogP contribution in [0.25, 0.3) is 0 Å². The highest BCUT2D eigenvalue weighted by molar-refractivity contribution is 5.76. The number of carbonyl (C=O) groups is 1. The summed E-state index contributed by atoms with van der Waals surface area (Å²) in [7, 11) is 0. The van der Waals surface area contributed by atoms with Gasteiger partial charge in [-0.2, -0.15) is 0 Å². The van der Waals surface area contributed by atoms with E-state index in [0.29, 0.717) is 12.8 Å². The van der Waals surface area contributed by atoms with Crippen molar-refractivity contribution in [2.24, 2.45) is 0 Å². The minimum Gasteiger partial charge on any atom is -0.394 e. The molecule has 7 atom stereocenters. The van der Waals surface area contributed by atoms with Gasteiger partial charge in [0.25, 0.3) is 0 Å². The lowest BCUT2D eigenvalue weighted by Gasteiger charge is -2.40. The van der Waals surface area contributed by atoms with Gasteiger partial charge >= 0.3 is 0 Å². The number of amides is 1. The molecular formula is C56H111NO8. The van der Waals surface area contributed by atoms with Crippen LogP contribution >= 0.6 is 0 Å². The number of unbranched alkanes of at least 4 members (excludes halogenated alkanes) is 40. The molecule has 1 rings (SSSR count). The number of carbonyl (C=O) groups excluding carboxylic acids is 1. The largest absolute Gasteiger partial charge is 0.394 e. The van der Waals surface area contributed by atoms with E-state index >= 15 is 0 Å². The Morgan fingerprint density at radius 2 is 0.769 bits per heavy atom. The number of aliphatic hydroxyl groups excluding tert-OH is 5. The molecule has 1 heterocycles. The zero-order chi connectivity index (χ0) is 47.3. The molecule has 0 aromatic heterocycles. The number of aliphatic hydroxyl groups is 5. The highest BCUT2D eigenvalue weighted by atomic mass is 16.7. The predicted octanol–water partition coefficient (Wildman–Crippen LogP) is 13.9. The topological polar surface area (TPSA) is 149 Å². The number of hydrogen-bond acceptors (Lipinski definition) is 8. The van der Waals surface area contributed by atoms with Gasteiger partial charge in [0, 0.05) is 6.42 Å². The molecular weight excluding hydrogens is 815 g/mol. The standard InChI is InChI=1S/C56H111NO8/c1-3-5-7-9-11-13-14-15-16-17-18-19-20-21-22-23-24-25-26-27-28-29-30-31-32-33-34-35-36-38-40-42-44-46-52(60)57-49(50(59)45-43-41-39-37-12-10-8-6-4-2)48-64-56-55(63)54(62)53(61)51(47-58)65-56/h49-51,53-56,58-59,61-63H,3-48H2,1-2H3,(H,57,60). The fraction of sp³-hybridized carbons (Fsp3) is 0.982. The van der Waals surface area contributed by atoms with Crippen molar-refractivity contribution in [2.45, 2.75) is 339 Å². The van der Waals surface area contributed by atoms with Gasteiger partial charge in [0.15, 0.2) is 6.29 Å². The lowest BCUT2D eigenvalue weighted by molar-refractivity contribution is -0.302. The Hall–Kier alpha value is -0.810. The summed E-state index contributed by atoms with van der Waals surface area (Å²) in [6, 6.07) is -0.711. The molecule has 65 heavy (non-hydrogen) atoms. The minimum absolute atomic E-state index is 0.132. The second-order valence-corrected chi connectivity index (χ2v) is 20.5. The number of ether oxygens (including phenoxy) is 2. The highest BCUT2D eigenvalue weighted by Crippen LogP contribution is 2.23. The lowest BCUT2D eigenvalue weighted by Crippen LogP contribution is -2.60. The number of hydrogen-bond donors (Lipinski definition) is 6. The summed E-state index contributed by atoms with van der Waals surface area (Å²) in [6.07, 6.45) is 48.9. The summed E-state index contributed by atoms with van der Waals surface area (Å²) in [5.41, 5.74) is 0. The molecule has 6 N–H and O–H groups in total. The summed E-state index contributed by atoms with van der Waals surface area (Å²) in [6.45, 7) is 3.84. The van der Waals surface area contributed by atoms with Crippen LogP contribution in [0.5, 0.6) is 0 Å². The zero-order valence-electron chi connectivity index (χ0n) is 43.0. The monoisotopic (exact) mass is 926 g/mol. The SMILES string of the molecule is CCCCCCCCCCCCCCCCCCCCCCCCCCCCCCCCCCCC(=O)NC(COC1OC(CO)C(O)C(O)C1O)C(O)CCCCCCCCCCC. The quantitative estimate of drug-likeness (QED) is 0.0330. The highest BCUT2D eigenvalue weighted by Gasteiger charge is 2.44. The average molecular weight is 927 g/mol. The summed E-state index contributed by atoms with van der Waals surface area (Å²) in [4.78, 5) is 13.0. The molecule has 0 spiro atoms. The minimum atomic E-state index is -1.55. The predicted molar refractivity (Wildman–Crippen MR) is 272 cm³/mol. The molecule has 9 nitrogen and oxygen atoms in total. The Labute approximate surface area is 402 Å². The van der Waals surface area contributed by atoms with Gasteiger partial charge < -0.3 is 40.3 Å². The molecule has 7 unspecified atom stereocenters. The molecule has 388 valence electrons. The maximum atomic E-state index is 13.0. The molecule has 0 aromatic carbocycles. The molecule has 1 saturated heterocycles. The van der Waals surface area contributed by atoms with Crippen LogP contribution < -0.4 is 5.32 Å². The molecule has 9 heteroatoms. The van der Waals surface area contributed by atoms with Gasteiger partial charge in [-0.15, -0.1) is 0 Å². The van der Waals surface area contributed by atoms with E-state index in [1.807, 2.05) is 0 Å². The van der Waals surface area contributed by atoms with Crippen molar-refractivity contribution < 1.29 is 39.8 Å². The van der Waals surface area contributed by atoms with Crippen LogP contribution in [0, 0.1) is 0 Å². The Kier molecular flexibility index (Phi) is 44.9. The third kappa shape index (κ3) is 36.8. The Balaban J connectivity index is 2.02. The maximum Gasteiger partial charge on any atom is 0.220 e. The average Bonchev–Trinajstić information content (AvgIpc) is 3.31. The summed E-state index contributed by atoms with van der Waals surface area (Å²) < 4.78 is 11.3. The van der Waals surface area contributed by atoms with E-state index in [4.69, 9.17) is 9.47 Å². The van der Waals surface area contributed by atoms with E-state index in [1.54, 1.807) is 0 Å². The first-order valence-corrected chi connectivity index (χ1v) is 28.7. The number of rotatable bonds is 50. The van der Waals surface area contributed by atoms with E-state index in [9.17, 15) is 30.3 Å². The second kappa shape index (κ2) is 46.9. The Bertz CT molecular complexity index is 986. The molecule has 0 saturated carbocycles. The van der Waals surface area contributed by atoms with Crippen molar-refractivity contribution in [1.29, 1.82) is 0 Å². The number of nitrogens with one attached hydrogen (secondary N) is 1. The van der Waals surface area contributed by atoms with Crippen molar-refractivity contribution in [1.82, 2.24) is 5.32 Å². The molecule has 0 bridgehead atoms. The van der Waals surface area contributed by atoms with E-state index in [1.165, 1.54) is 231 Å². The van der Waals surface area contributed by atoms with Crippen LogP contribution in [0.3, 0.4) is 0 Å². The van der Waals surface area contributed by atoms with Crippen LogP contribution in [0.4, 0.5) is 0 Å². The third-order valence-corrected chi connectivity index (χ3v) is 14.2. The summed E-state index contributed by atoms with van der Waals surface area (Å²) >= 11 is 0. The van der Waals surface area contributed by atoms with Gasteiger partial charge in [-0.05, 0) is 12.8 Å². The lowest BCUT2D eigenvalue weighted by atomic mass is 9.99. The van der Waals surface area contributed by atoms with Gasteiger partial charge in [0.1, 0.15) is 24.4 Å². The third-order valence-electron chi connectivity index (χ3n) is 14.2. The fourth-order valence-corrected chi connectivity index (χ4v) is 9.64. The van der Waals surface area contributed by atoms with Crippen LogP contribution in [-0.2, 0) is 14.3 Å². The molecule has 1 amide bonds. The Morgan fingerprint density at radius 1 is 0.462 bits per heavy atom. The van der Waals surface area contributed by atoms with Crippen molar-refractivity contribution >= 4 is 5.91 Å². The van der Waals surface area contributed by atoms with Gasteiger partial charge in [0.2, 0.25) is 5.91 Å². The normalized spacial score (nSPS) is 19.8. The summed E-state index contributed by atoms with van der Waals surface area (Å²) in [5, 5.41) is 54.3. The van der Waals surface area contributed by atoms with Gasteiger partial charge in [-0.3, -0.25) is 4.79 Å². The first-order chi connectivity index (χ1) is 31.8. The van der Waals surface area contributed by atoms with Crippen LogP contribution in [0.15, 0.2) is 0 Å².